The van der Waals surface area contributed by atoms with Crippen LogP contribution in [0.2, 0.25) is 0 Å². The first-order chi connectivity index (χ1) is 16.7. The average Bonchev–Trinajstić information content (AvgIpc) is 2.87. The number of benzene rings is 5. The van der Waals surface area contributed by atoms with E-state index < -0.39 is 11.3 Å². The molecule has 2 heterocycles. The van der Waals surface area contributed by atoms with Gasteiger partial charge in [-0.3, -0.25) is 0 Å². The number of hydrogen-bond acceptors (Lipinski definition) is 4. The topological polar surface area (TPSA) is 60.4 Å². The van der Waals surface area contributed by atoms with Crippen LogP contribution < -0.4 is 11.3 Å². The lowest BCUT2D eigenvalue weighted by Gasteiger charge is -2.17. The van der Waals surface area contributed by atoms with Crippen molar-refractivity contribution in [3.63, 3.8) is 0 Å². The Hall–Kier alpha value is -4.70. The Balaban J connectivity index is 1.85. The first-order valence-corrected chi connectivity index (χ1v) is 11.0. The molecule has 4 heteroatoms. The summed E-state index contributed by atoms with van der Waals surface area (Å²) in [6.45, 7) is 0. The highest BCUT2D eigenvalue weighted by Crippen LogP contribution is 2.45. The van der Waals surface area contributed by atoms with Crippen molar-refractivity contribution in [2.24, 2.45) is 0 Å². The van der Waals surface area contributed by atoms with E-state index in [1.165, 1.54) is 0 Å². The molecule has 0 bridgehead atoms. The predicted molar refractivity (Wildman–Crippen MR) is 136 cm³/mol. The highest BCUT2D eigenvalue weighted by atomic mass is 16.4. The minimum atomic E-state index is -0.396. The van der Waals surface area contributed by atoms with Crippen LogP contribution in [0, 0.1) is 0 Å². The van der Waals surface area contributed by atoms with Crippen LogP contribution in [0.15, 0.2) is 115 Å². The van der Waals surface area contributed by atoms with Crippen LogP contribution in [0.3, 0.4) is 0 Å². The van der Waals surface area contributed by atoms with Crippen LogP contribution in [-0.2, 0) is 0 Å². The fraction of sp³-hybridized carbons (Fsp3) is 0. The Labute approximate surface area is 192 Å². The lowest BCUT2D eigenvalue weighted by Crippen LogP contribution is -2.08. The lowest BCUT2D eigenvalue weighted by molar-refractivity contribution is 0.564. The zero-order valence-electron chi connectivity index (χ0n) is 17.9. The Morgan fingerprint density at radius 1 is 0.412 bits per heavy atom. The molecule has 7 rings (SSSR count). The minimum absolute atomic E-state index is 0.396. The predicted octanol–water partition coefficient (Wildman–Crippen LogP) is 6.98. The van der Waals surface area contributed by atoms with E-state index in [1.54, 1.807) is 12.1 Å². The molecule has 0 saturated heterocycles. The van der Waals surface area contributed by atoms with E-state index in [-0.39, 0.29) is 0 Å². The highest BCUT2D eigenvalue weighted by Gasteiger charge is 2.24. The molecule has 7 aromatic rings. The smallest absolute Gasteiger partial charge is 0.344 e. The first kappa shape index (κ1) is 18.8. The van der Waals surface area contributed by atoms with Gasteiger partial charge in [0.1, 0.15) is 11.2 Å². The Kier molecular flexibility index (Phi) is 3.82. The van der Waals surface area contributed by atoms with E-state index in [4.69, 9.17) is 8.83 Å². The quantitative estimate of drug-likeness (QED) is 0.165. The summed E-state index contributed by atoms with van der Waals surface area (Å²) in [6, 6.07) is 30.4. The molecular weight excluding hydrogens is 424 g/mol. The second-order valence-corrected chi connectivity index (χ2v) is 8.37. The normalized spacial score (nSPS) is 11.8. The van der Waals surface area contributed by atoms with E-state index >= 15 is 0 Å². The standard InChI is InChI=1S/C30H16O4/c31-29-23(17-9-3-1-4-10-17)27-19-13-7-16-22-26(19)28(20-14-8-15-21(33-29)25(20)27)24(30(32)34-22)18-11-5-2-6-12-18/h1-16H. The summed E-state index contributed by atoms with van der Waals surface area (Å²) in [5.41, 5.74) is 2.77. The van der Waals surface area contributed by atoms with Crippen molar-refractivity contribution in [1.29, 1.82) is 0 Å². The molecule has 34 heavy (non-hydrogen) atoms. The van der Waals surface area contributed by atoms with Crippen LogP contribution in [0.5, 0.6) is 0 Å². The van der Waals surface area contributed by atoms with E-state index in [9.17, 15) is 9.59 Å². The fourth-order valence-corrected chi connectivity index (χ4v) is 5.19. The van der Waals surface area contributed by atoms with Crippen LogP contribution in [0.1, 0.15) is 0 Å². The van der Waals surface area contributed by atoms with Crippen LogP contribution in [-0.4, -0.2) is 0 Å². The Morgan fingerprint density at radius 3 is 1.24 bits per heavy atom. The van der Waals surface area contributed by atoms with Gasteiger partial charge in [0.25, 0.3) is 0 Å². The Bertz CT molecular complexity index is 1830. The molecule has 2 aromatic heterocycles. The second kappa shape index (κ2) is 6.90. The molecule has 0 spiro atoms. The van der Waals surface area contributed by atoms with Gasteiger partial charge in [0.2, 0.25) is 0 Å². The van der Waals surface area contributed by atoms with Crippen molar-refractivity contribution in [2.75, 3.05) is 0 Å². The zero-order valence-corrected chi connectivity index (χ0v) is 17.9. The molecule has 0 fully saturated rings. The van der Waals surface area contributed by atoms with Crippen molar-refractivity contribution in [1.82, 2.24) is 0 Å². The molecule has 4 nitrogen and oxygen atoms in total. The van der Waals surface area contributed by atoms with Crippen LogP contribution in [0.4, 0.5) is 0 Å². The highest BCUT2D eigenvalue weighted by molar-refractivity contribution is 6.35. The van der Waals surface area contributed by atoms with Crippen molar-refractivity contribution < 1.29 is 8.83 Å². The molecule has 0 N–H and O–H groups in total. The molecule has 0 aliphatic rings. The van der Waals surface area contributed by atoms with Crippen LogP contribution in [0.25, 0.3) is 65.7 Å². The molecule has 0 unspecified atom stereocenters. The second-order valence-electron chi connectivity index (χ2n) is 8.37. The first-order valence-electron chi connectivity index (χ1n) is 11.0. The molecule has 0 radical (unpaired) electrons. The maximum atomic E-state index is 13.3. The van der Waals surface area contributed by atoms with Gasteiger partial charge in [-0.15, -0.1) is 0 Å². The van der Waals surface area contributed by atoms with E-state index in [2.05, 4.69) is 0 Å². The number of hydrogen-bond donors (Lipinski definition) is 0. The summed E-state index contributed by atoms with van der Waals surface area (Å²) in [6.07, 6.45) is 0. The largest absolute Gasteiger partial charge is 0.422 e. The average molecular weight is 440 g/mol. The molecule has 0 aliphatic heterocycles. The fourth-order valence-electron chi connectivity index (χ4n) is 5.19. The van der Waals surface area contributed by atoms with Gasteiger partial charge in [-0.05, 0) is 34.0 Å². The maximum absolute atomic E-state index is 13.3. The summed E-state index contributed by atoms with van der Waals surface area (Å²) in [5.74, 6) is 0. The summed E-state index contributed by atoms with van der Waals surface area (Å²) in [4.78, 5) is 26.6. The molecule has 160 valence electrons. The van der Waals surface area contributed by atoms with Gasteiger partial charge in [0.05, 0.1) is 11.1 Å². The van der Waals surface area contributed by atoms with Gasteiger partial charge in [-0.2, -0.15) is 0 Å². The van der Waals surface area contributed by atoms with Gasteiger partial charge >= 0.3 is 11.3 Å². The molecule has 0 saturated carbocycles. The van der Waals surface area contributed by atoms with Crippen molar-refractivity contribution in [3.8, 4) is 22.3 Å². The monoisotopic (exact) mass is 440 g/mol. The van der Waals surface area contributed by atoms with Gasteiger partial charge in [0.15, 0.2) is 0 Å². The third kappa shape index (κ3) is 2.48. The van der Waals surface area contributed by atoms with Gasteiger partial charge in [-0.1, -0.05) is 84.9 Å². The number of rotatable bonds is 2. The SMILES string of the molecule is O=c1oc2cccc3c4c(-c5ccccc5)c(=O)oc5cccc(c(c1-c1ccccc1)c23)c54. The zero-order chi connectivity index (χ0) is 22.8. The van der Waals surface area contributed by atoms with Crippen LogP contribution >= 0.6 is 0 Å². The van der Waals surface area contributed by atoms with Crippen molar-refractivity contribution in [2.45, 2.75) is 0 Å². The van der Waals surface area contributed by atoms with E-state index in [0.717, 1.165) is 43.4 Å². The molecule has 0 amide bonds. The molecule has 5 aromatic carbocycles. The Morgan fingerprint density at radius 2 is 0.824 bits per heavy atom. The molecule has 0 aliphatic carbocycles. The van der Waals surface area contributed by atoms with Gasteiger partial charge in [-0.25, -0.2) is 9.59 Å². The third-order valence-electron chi connectivity index (χ3n) is 6.53. The van der Waals surface area contributed by atoms with E-state index in [0.29, 0.717) is 22.3 Å². The van der Waals surface area contributed by atoms with E-state index in [1.807, 2.05) is 84.9 Å². The molecular formula is C30H16O4. The van der Waals surface area contributed by atoms with Gasteiger partial charge in [0, 0.05) is 21.5 Å². The van der Waals surface area contributed by atoms with Gasteiger partial charge < -0.3 is 8.83 Å². The lowest BCUT2D eigenvalue weighted by atomic mass is 9.87. The minimum Gasteiger partial charge on any atom is -0.422 e. The maximum Gasteiger partial charge on any atom is 0.344 e. The molecule has 0 atom stereocenters. The van der Waals surface area contributed by atoms with Crippen molar-refractivity contribution in [3.05, 3.63) is 118 Å². The third-order valence-corrected chi connectivity index (χ3v) is 6.53. The summed E-state index contributed by atoms with van der Waals surface area (Å²) in [5, 5.41) is 4.96. The summed E-state index contributed by atoms with van der Waals surface area (Å²) in [7, 11) is 0. The number of fused-ring (bicyclic) bond motifs is 2. The summed E-state index contributed by atoms with van der Waals surface area (Å²) < 4.78 is 11.7. The van der Waals surface area contributed by atoms with Crippen molar-refractivity contribution >= 4 is 43.5 Å². The summed E-state index contributed by atoms with van der Waals surface area (Å²) >= 11 is 0.